The monoisotopic (exact) mass is 484 g/mol. The highest BCUT2D eigenvalue weighted by molar-refractivity contribution is 6.42. The zero-order valence-electron chi connectivity index (χ0n) is 17.1. The molecule has 0 fully saturated rings. The van der Waals surface area contributed by atoms with Crippen LogP contribution < -0.4 is 14.8 Å². The van der Waals surface area contributed by atoms with E-state index in [1.54, 1.807) is 6.07 Å². The van der Waals surface area contributed by atoms with Crippen LogP contribution in [-0.4, -0.2) is 19.0 Å². The predicted octanol–water partition coefficient (Wildman–Crippen LogP) is 5.91. The number of anilines is 1. The van der Waals surface area contributed by atoms with Crippen LogP contribution in [0.3, 0.4) is 0 Å². The highest BCUT2D eigenvalue weighted by Crippen LogP contribution is 2.30. The van der Waals surface area contributed by atoms with E-state index in [0.717, 1.165) is 6.07 Å². The van der Waals surface area contributed by atoms with Gasteiger partial charge in [0.15, 0.2) is 11.5 Å². The SMILES string of the molecule is COc1cc(/C=C(\C#N)C(=O)Nc2ccc(Cl)c(Cl)c2)ccc1OC(=O)c1cccc(F)c1. The summed E-state index contributed by atoms with van der Waals surface area (Å²) in [7, 11) is 1.37. The lowest BCUT2D eigenvalue weighted by atomic mass is 10.1. The zero-order chi connectivity index (χ0) is 24.0. The standard InChI is InChI=1S/C24H15Cl2FN2O4/c1-32-22-10-14(5-8-21(22)33-24(31)15-3-2-4-17(27)11-15)9-16(13-28)23(30)29-18-6-7-19(25)20(26)12-18/h2-12H,1H3,(H,29,30)/b16-9+. The summed E-state index contributed by atoms with van der Waals surface area (Å²) >= 11 is 11.8. The second kappa shape index (κ2) is 10.6. The van der Waals surface area contributed by atoms with Gasteiger partial charge in [-0.3, -0.25) is 4.79 Å². The lowest BCUT2D eigenvalue weighted by Gasteiger charge is -2.10. The van der Waals surface area contributed by atoms with E-state index in [0.29, 0.717) is 16.3 Å². The van der Waals surface area contributed by atoms with Crippen molar-refractivity contribution in [3.8, 4) is 17.6 Å². The quantitative estimate of drug-likeness (QED) is 0.203. The molecule has 0 heterocycles. The first-order valence-corrected chi connectivity index (χ1v) is 10.1. The second-order valence-corrected chi connectivity index (χ2v) is 7.38. The Bertz CT molecular complexity index is 1300. The summed E-state index contributed by atoms with van der Waals surface area (Å²) in [5, 5.41) is 12.6. The van der Waals surface area contributed by atoms with Gasteiger partial charge in [-0.2, -0.15) is 5.26 Å². The van der Waals surface area contributed by atoms with E-state index in [1.165, 1.54) is 61.7 Å². The highest BCUT2D eigenvalue weighted by Gasteiger charge is 2.15. The van der Waals surface area contributed by atoms with Gasteiger partial charge in [-0.25, -0.2) is 9.18 Å². The van der Waals surface area contributed by atoms with Crippen molar-refractivity contribution < 1.29 is 23.5 Å². The fourth-order valence-corrected chi connectivity index (χ4v) is 3.02. The van der Waals surface area contributed by atoms with E-state index in [9.17, 15) is 19.2 Å². The van der Waals surface area contributed by atoms with Crippen molar-refractivity contribution in [2.45, 2.75) is 0 Å². The maximum atomic E-state index is 13.3. The van der Waals surface area contributed by atoms with E-state index in [2.05, 4.69) is 5.32 Å². The van der Waals surface area contributed by atoms with Crippen LogP contribution in [0.4, 0.5) is 10.1 Å². The van der Waals surface area contributed by atoms with Crippen LogP contribution >= 0.6 is 23.2 Å². The molecule has 3 rings (SSSR count). The summed E-state index contributed by atoms with van der Waals surface area (Å²) in [6, 6.07) is 15.9. The molecular formula is C24H15Cl2FN2O4. The third-order valence-corrected chi connectivity index (χ3v) is 5.04. The van der Waals surface area contributed by atoms with Gasteiger partial charge < -0.3 is 14.8 Å². The lowest BCUT2D eigenvalue weighted by molar-refractivity contribution is -0.112. The number of carbonyl (C=O) groups is 2. The molecule has 0 radical (unpaired) electrons. The number of halogens is 3. The highest BCUT2D eigenvalue weighted by atomic mass is 35.5. The third-order valence-electron chi connectivity index (χ3n) is 4.30. The van der Waals surface area contributed by atoms with Crippen molar-refractivity contribution in [1.29, 1.82) is 5.26 Å². The Labute approximate surface area is 198 Å². The number of nitrogens with one attached hydrogen (secondary N) is 1. The largest absolute Gasteiger partial charge is 0.493 e. The molecule has 0 aliphatic heterocycles. The maximum Gasteiger partial charge on any atom is 0.343 e. The molecular weight excluding hydrogens is 470 g/mol. The number of benzene rings is 3. The third kappa shape index (κ3) is 6.10. The van der Waals surface area contributed by atoms with Gasteiger partial charge in [0.1, 0.15) is 17.5 Å². The number of amides is 1. The molecule has 6 nitrogen and oxygen atoms in total. The average molecular weight is 485 g/mol. The smallest absolute Gasteiger partial charge is 0.343 e. The van der Waals surface area contributed by atoms with Crippen molar-refractivity contribution >= 4 is 46.8 Å². The Hall–Kier alpha value is -3.86. The van der Waals surface area contributed by atoms with Gasteiger partial charge >= 0.3 is 5.97 Å². The van der Waals surface area contributed by atoms with Gasteiger partial charge in [-0.15, -0.1) is 0 Å². The van der Waals surface area contributed by atoms with E-state index in [1.807, 2.05) is 6.07 Å². The molecule has 0 aromatic heterocycles. The van der Waals surface area contributed by atoms with Crippen molar-refractivity contribution in [2.24, 2.45) is 0 Å². The van der Waals surface area contributed by atoms with Crippen molar-refractivity contribution in [3.05, 3.63) is 93.2 Å². The molecule has 0 atom stereocenters. The summed E-state index contributed by atoms with van der Waals surface area (Å²) in [6.45, 7) is 0. The van der Waals surface area contributed by atoms with E-state index < -0.39 is 17.7 Å². The van der Waals surface area contributed by atoms with Crippen molar-refractivity contribution in [2.75, 3.05) is 12.4 Å². The number of esters is 1. The topological polar surface area (TPSA) is 88.4 Å². The summed E-state index contributed by atoms with van der Waals surface area (Å²) in [5.74, 6) is -1.73. The number of methoxy groups -OCH3 is 1. The number of nitriles is 1. The number of nitrogens with zero attached hydrogens (tertiary/aromatic N) is 1. The molecule has 0 aliphatic rings. The van der Waals surface area contributed by atoms with E-state index >= 15 is 0 Å². The Balaban J connectivity index is 1.80. The minimum atomic E-state index is -0.769. The number of rotatable bonds is 6. The summed E-state index contributed by atoms with van der Waals surface area (Å²) in [4.78, 5) is 24.8. The van der Waals surface area contributed by atoms with E-state index in [4.69, 9.17) is 32.7 Å². The van der Waals surface area contributed by atoms with Gasteiger partial charge in [0.25, 0.3) is 5.91 Å². The van der Waals surface area contributed by atoms with Crippen LogP contribution in [-0.2, 0) is 4.79 Å². The fourth-order valence-electron chi connectivity index (χ4n) is 2.72. The number of carbonyl (C=O) groups excluding carboxylic acids is 2. The summed E-state index contributed by atoms with van der Waals surface area (Å²) < 4.78 is 23.9. The van der Waals surface area contributed by atoms with Crippen LogP contribution in [0.15, 0.2) is 66.2 Å². The minimum Gasteiger partial charge on any atom is -0.493 e. The predicted molar refractivity (Wildman–Crippen MR) is 123 cm³/mol. The van der Waals surface area contributed by atoms with Crippen LogP contribution in [0.1, 0.15) is 15.9 Å². The molecule has 0 unspecified atom stereocenters. The number of hydrogen-bond acceptors (Lipinski definition) is 5. The molecule has 1 amide bonds. The molecule has 3 aromatic carbocycles. The van der Waals surface area contributed by atoms with Crippen LogP contribution in [0.25, 0.3) is 6.08 Å². The Morgan fingerprint density at radius 1 is 1.03 bits per heavy atom. The molecule has 0 bridgehead atoms. The first-order chi connectivity index (χ1) is 15.8. The lowest BCUT2D eigenvalue weighted by Crippen LogP contribution is -2.13. The molecule has 0 spiro atoms. The molecule has 0 aliphatic carbocycles. The first kappa shape index (κ1) is 23.8. The number of hydrogen-bond donors (Lipinski definition) is 1. The molecule has 9 heteroatoms. The first-order valence-electron chi connectivity index (χ1n) is 9.34. The minimum absolute atomic E-state index is 0.0340. The Kier molecular flexibility index (Phi) is 7.67. The Morgan fingerprint density at radius 2 is 1.82 bits per heavy atom. The van der Waals surface area contributed by atoms with Gasteiger partial charge in [-0.1, -0.05) is 35.3 Å². The van der Waals surface area contributed by atoms with Crippen LogP contribution in [0.2, 0.25) is 10.0 Å². The average Bonchev–Trinajstić information content (AvgIpc) is 2.80. The van der Waals surface area contributed by atoms with Crippen molar-refractivity contribution in [1.82, 2.24) is 0 Å². The van der Waals surface area contributed by atoms with Gasteiger partial charge in [0, 0.05) is 5.69 Å². The normalized spacial score (nSPS) is 10.8. The zero-order valence-corrected chi connectivity index (χ0v) is 18.6. The summed E-state index contributed by atoms with van der Waals surface area (Å²) in [5.41, 5.74) is 0.658. The van der Waals surface area contributed by atoms with Gasteiger partial charge in [-0.05, 0) is 60.2 Å². The second-order valence-electron chi connectivity index (χ2n) is 6.56. The molecule has 1 N–H and O–H groups in total. The van der Waals surface area contributed by atoms with Crippen molar-refractivity contribution in [3.63, 3.8) is 0 Å². The van der Waals surface area contributed by atoms with Crippen LogP contribution in [0, 0.1) is 17.1 Å². The van der Waals surface area contributed by atoms with Gasteiger partial charge in [0.05, 0.1) is 22.7 Å². The summed E-state index contributed by atoms with van der Waals surface area (Å²) in [6.07, 6.45) is 1.34. The van der Waals surface area contributed by atoms with Crippen LogP contribution in [0.5, 0.6) is 11.5 Å². The Morgan fingerprint density at radius 3 is 2.48 bits per heavy atom. The molecule has 3 aromatic rings. The number of ether oxygens (including phenoxy) is 2. The van der Waals surface area contributed by atoms with Gasteiger partial charge in [0.2, 0.25) is 0 Å². The molecule has 33 heavy (non-hydrogen) atoms. The fraction of sp³-hybridized carbons (Fsp3) is 0.0417. The molecule has 0 saturated carbocycles. The maximum absolute atomic E-state index is 13.3. The molecule has 0 saturated heterocycles. The molecule has 166 valence electrons. The van der Waals surface area contributed by atoms with E-state index in [-0.39, 0.29) is 27.7 Å².